The summed E-state index contributed by atoms with van der Waals surface area (Å²) < 4.78 is 5.64. The highest BCUT2D eigenvalue weighted by Crippen LogP contribution is 2.20. The summed E-state index contributed by atoms with van der Waals surface area (Å²) in [6, 6.07) is 6.55. The normalized spacial score (nSPS) is 11.1. The van der Waals surface area contributed by atoms with Gasteiger partial charge in [-0.3, -0.25) is 4.98 Å². The van der Waals surface area contributed by atoms with Gasteiger partial charge >= 0.3 is 0 Å². The molecule has 0 spiro atoms. The number of aromatic nitrogens is 1. The van der Waals surface area contributed by atoms with Gasteiger partial charge in [-0.1, -0.05) is 13.8 Å². The smallest absolute Gasteiger partial charge is 0.123 e. The van der Waals surface area contributed by atoms with Gasteiger partial charge in [0.05, 0.1) is 18.4 Å². The highest BCUT2D eigenvalue weighted by Gasteiger charge is 2.10. The SMILES string of the molecule is Cc1ccc(CN(C)c2cnccc2CNC(C)C)o1. The van der Waals surface area contributed by atoms with Crippen molar-refractivity contribution >= 4 is 5.69 Å². The maximum atomic E-state index is 5.64. The number of furan rings is 1. The molecule has 0 aromatic carbocycles. The molecule has 4 nitrogen and oxygen atoms in total. The molecule has 0 atom stereocenters. The molecule has 0 unspecified atom stereocenters. The monoisotopic (exact) mass is 273 g/mol. The number of anilines is 1. The number of hydrogen-bond acceptors (Lipinski definition) is 4. The Balaban J connectivity index is 2.10. The van der Waals surface area contributed by atoms with Crippen LogP contribution in [0.15, 0.2) is 35.0 Å². The van der Waals surface area contributed by atoms with Gasteiger partial charge in [0.15, 0.2) is 0 Å². The fourth-order valence-corrected chi connectivity index (χ4v) is 2.11. The summed E-state index contributed by atoms with van der Waals surface area (Å²) in [4.78, 5) is 6.41. The second kappa shape index (κ2) is 6.57. The van der Waals surface area contributed by atoms with Crippen LogP contribution in [-0.4, -0.2) is 18.1 Å². The average molecular weight is 273 g/mol. The fourth-order valence-electron chi connectivity index (χ4n) is 2.11. The Kier molecular flexibility index (Phi) is 4.79. The van der Waals surface area contributed by atoms with Gasteiger partial charge in [-0.05, 0) is 30.7 Å². The van der Waals surface area contributed by atoms with Crippen LogP contribution in [0.2, 0.25) is 0 Å². The number of aryl methyl sites for hydroxylation is 1. The molecule has 2 rings (SSSR count). The summed E-state index contributed by atoms with van der Waals surface area (Å²) >= 11 is 0. The highest BCUT2D eigenvalue weighted by atomic mass is 16.3. The van der Waals surface area contributed by atoms with Gasteiger partial charge in [0.25, 0.3) is 0 Å². The van der Waals surface area contributed by atoms with Crippen LogP contribution in [0.1, 0.15) is 30.9 Å². The Morgan fingerprint density at radius 2 is 2.10 bits per heavy atom. The molecule has 0 aliphatic heterocycles. The van der Waals surface area contributed by atoms with Crippen molar-refractivity contribution in [2.45, 2.75) is 39.9 Å². The topological polar surface area (TPSA) is 41.3 Å². The van der Waals surface area contributed by atoms with Crippen LogP contribution in [0.3, 0.4) is 0 Å². The molecular weight excluding hydrogens is 250 g/mol. The summed E-state index contributed by atoms with van der Waals surface area (Å²) in [7, 11) is 2.06. The molecule has 0 saturated heterocycles. The molecule has 0 radical (unpaired) electrons. The third-order valence-corrected chi connectivity index (χ3v) is 3.19. The Morgan fingerprint density at radius 3 is 2.75 bits per heavy atom. The molecule has 0 bridgehead atoms. The van der Waals surface area contributed by atoms with Crippen LogP contribution in [0.5, 0.6) is 0 Å². The summed E-state index contributed by atoms with van der Waals surface area (Å²) in [6.45, 7) is 7.85. The molecule has 0 aliphatic rings. The van der Waals surface area contributed by atoms with E-state index < -0.39 is 0 Å². The molecule has 2 aromatic heterocycles. The molecule has 0 saturated carbocycles. The maximum Gasteiger partial charge on any atom is 0.123 e. The maximum absolute atomic E-state index is 5.64. The van der Waals surface area contributed by atoms with E-state index in [-0.39, 0.29) is 0 Å². The number of nitrogens with zero attached hydrogens (tertiary/aromatic N) is 2. The number of rotatable bonds is 6. The lowest BCUT2D eigenvalue weighted by Gasteiger charge is -2.21. The molecule has 0 amide bonds. The summed E-state index contributed by atoms with van der Waals surface area (Å²) in [6.07, 6.45) is 3.75. The summed E-state index contributed by atoms with van der Waals surface area (Å²) in [5.74, 6) is 1.91. The molecular formula is C16H23N3O. The largest absolute Gasteiger partial charge is 0.464 e. The van der Waals surface area contributed by atoms with Crippen molar-refractivity contribution in [1.82, 2.24) is 10.3 Å². The first-order valence-corrected chi connectivity index (χ1v) is 6.99. The quantitative estimate of drug-likeness (QED) is 0.878. The number of hydrogen-bond donors (Lipinski definition) is 1. The third kappa shape index (κ3) is 3.84. The van der Waals surface area contributed by atoms with Gasteiger partial charge in [-0.2, -0.15) is 0 Å². The standard InChI is InChI=1S/C16H23N3O/c1-12(2)18-9-14-7-8-17-10-16(14)19(4)11-15-6-5-13(3)20-15/h5-8,10,12,18H,9,11H2,1-4H3. The van der Waals surface area contributed by atoms with Crippen molar-refractivity contribution in [2.75, 3.05) is 11.9 Å². The summed E-state index contributed by atoms with van der Waals surface area (Å²) in [5, 5.41) is 3.45. The Hall–Kier alpha value is -1.81. The van der Waals surface area contributed by atoms with E-state index in [1.807, 2.05) is 31.5 Å². The Morgan fingerprint density at radius 1 is 1.30 bits per heavy atom. The molecule has 2 heterocycles. The molecule has 0 aliphatic carbocycles. The molecule has 108 valence electrons. The number of pyridine rings is 1. The average Bonchev–Trinajstić information content (AvgIpc) is 2.82. The predicted octanol–water partition coefficient (Wildman–Crippen LogP) is 3.12. The van der Waals surface area contributed by atoms with Crippen molar-refractivity contribution in [2.24, 2.45) is 0 Å². The van der Waals surface area contributed by atoms with Crippen LogP contribution >= 0.6 is 0 Å². The van der Waals surface area contributed by atoms with Gasteiger partial charge in [0.2, 0.25) is 0 Å². The van der Waals surface area contributed by atoms with Crippen molar-refractivity contribution in [3.8, 4) is 0 Å². The molecule has 20 heavy (non-hydrogen) atoms. The Bertz CT molecular complexity index is 548. The second-order valence-corrected chi connectivity index (χ2v) is 5.41. The summed E-state index contributed by atoms with van der Waals surface area (Å²) in [5.41, 5.74) is 2.38. The van der Waals surface area contributed by atoms with Crippen LogP contribution in [0.25, 0.3) is 0 Å². The minimum Gasteiger partial charge on any atom is -0.464 e. The molecule has 1 N–H and O–H groups in total. The molecule has 0 fully saturated rings. The fraction of sp³-hybridized carbons (Fsp3) is 0.438. The van der Waals surface area contributed by atoms with E-state index in [9.17, 15) is 0 Å². The van der Waals surface area contributed by atoms with Crippen LogP contribution in [0, 0.1) is 6.92 Å². The minimum absolute atomic E-state index is 0.467. The van der Waals surface area contributed by atoms with E-state index in [1.165, 1.54) is 5.56 Å². The van der Waals surface area contributed by atoms with E-state index in [2.05, 4.69) is 42.2 Å². The lowest BCUT2D eigenvalue weighted by molar-refractivity contribution is 0.481. The third-order valence-electron chi connectivity index (χ3n) is 3.19. The van der Waals surface area contributed by atoms with Gasteiger partial charge in [-0.15, -0.1) is 0 Å². The Labute approximate surface area is 120 Å². The first-order valence-electron chi connectivity index (χ1n) is 6.99. The van der Waals surface area contributed by atoms with E-state index in [0.29, 0.717) is 6.04 Å². The van der Waals surface area contributed by atoms with Crippen LogP contribution < -0.4 is 10.2 Å². The van der Waals surface area contributed by atoms with E-state index in [1.54, 1.807) is 0 Å². The second-order valence-electron chi connectivity index (χ2n) is 5.41. The van der Waals surface area contributed by atoms with Gasteiger partial charge in [0.1, 0.15) is 11.5 Å². The van der Waals surface area contributed by atoms with Gasteiger partial charge in [0, 0.05) is 25.8 Å². The van der Waals surface area contributed by atoms with Crippen LogP contribution in [-0.2, 0) is 13.1 Å². The first kappa shape index (κ1) is 14.6. The van der Waals surface area contributed by atoms with E-state index in [0.717, 1.165) is 30.3 Å². The van der Waals surface area contributed by atoms with E-state index >= 15 is 0 Å². The molecule has 4 heteroatoms. The van der Waals surface area contributed by atoms with Crippen LogP contribution in [0.4, 0.5) is 5.69 Å². The van der Waals surface area contributed by atoms with Crippen molar-refractivity contribution < 1.29 is 4.42 Å². The highest BCUT2D eigenvalue weighted by molar-refractivity contribution is 5.51. The van der Waals surface area contributed by atoms with Gasteiger partial charge < -0.3 is 14.6 Å². The number of nitrogens with one attached hydrogen (secondary N) is 1. The lowest BCUT2D eigenvalue weighted by atomic mass is 10.2. The zero-order valence-corrected chi connectivity index (χ0v) is 12.7. The first-order chi connectivity index (χ1) is 9.56. The van der Waals surface area contributed by atoms with E-state index in [4.69, 9.17) is 4.42 Å². The van der Waals surface area contributed by atoms with Crippen molar-refractivity contribution in [3.05, 3.63) is 47.7 Å². The lowest BCUT2D eigenvalue weighted by Crippen LogP contribution is -2.24. The zero-order valence-electron chi connectivity index (χ0n) is 12.7. The minimum atomic E-state index is 0.467. The zero-order chi connectivity index (χ0) is 14.5. The van der Waals surface area contributed by atoms with Crippen molar-refractivity contribution in [3.63, 3.8) is 0 Å². The predicted molar refractivity (Wildman–Crippen MR) is 81.8 cm³/mol. The van der Waals surface area contributed by atoms with Crippen molar-refractivity contribution in [1.29, 1.82) is 0 Å². The van der Waals surface area contributed by atoms with Gasteiger partial charge in [-0.25, -0.2) is 0 Å². The molecule has 2 aromatic rings.